The van der Waals surface area contributed by atoms with Crippen LogP contribution in [-0.2, 0) is 17.9 Å². The van der Waals surface area contributed by atoms with Gasteiger partial charge in [-0.25, -0.2) is 0 Å². The van der Waals surface area contributed by atoms with Crippen LogP contribution in [0.3, 0.4) is 0 Å². The molecule has 14 heavy (non-hydrogen) atoms. The van der Waals surface area contributed by atoms with Crippen molar-refractivity contribution in [2.45, 2.75) is 37.6 Å². The molecule has 4 nitrogen and oxygen atoms in total. The van der Waals surface area contributed by atoms with Crippen LogP contribution in [0.4, 0.5) is 0 Å². The van der Waals surface area contributed by atoms with Crippen LogP contribution in [0.5, 0.6) is 0 Å². The van der Waals surface area contributed by atoms with Gasteiger partial charge in [-0.2, -0.15) is 10.4 Å². The molecule has 0 N–H and O–H groups in total. The first-order valence-corrected chi connectivity index (χ1v) is 5.19. The molecule has 1 aromatic rings. The molecule has 0 bridgehead atoms. The van der Waals surface area contributed by atoms with Crippen molar-refractivity contribution in [3.63, 3.8) is 0 Å². The molecule has 2 heterocycles. The molecular weight excluding hydrogens is 198 g/mol. The van der Waals surface area contributed by atoms with Gasteiger partial charge in [-0.15, -0.1) is 0 Å². The molecule has 1 aliphatic rings. The van der Waals surface area contributed by atoms with Gasteiger partial charge in [-0.05, 0) is 19.9 Å². The third-order valence-corrected chi connectivity index (χ3v) is 2.63. The second kappa shape index (κ2) is 3.30. The zero-order valence-corrected chi connectivity index (χ0v) is 8.97. The summed E-state index contributed by atoms with van der Waals surface area (Å²) >= 11 is 1.09. The number of aromatic nitrogens is 2. The van der Waals surface area contributed by atoms with Crippen LogP contribution < -0.4 is 0 Å². The SMILES string of the molecule is CC1(C)Cn2nc(SC#N)cc2CO1. The highest BCUT2D eigenvalue weighted by Gasteiger charge is 2.27. The van der Waals surface area contributed by atoms with Crippen LogP contribution in [-0.4, -0.2) is 15.4 Å². The number of nitrogens with zero attached hydrogens (tertiary/aromatic N) is 3. The summed E-state index contributed by atoms with van der Waals surface area (Å²) in [7, 11) is 0. The predicted molar refractivity (Wildman–Crippen MR) is 52.6 cm³/mol. The van der Waals surface area contributed by atoms with E-state index in [1.54, 1.807) is 0 Å². The van der Waals surface area contributed by atoms with Crippen molar-refractivity contribution in [1.29, 1.82) is 5.26 Å². The third-order valence-electron chi connectivity index (χ3n) is 2.13. The van der Waals surface area contributed by atoms with E-state index in [9.17, 15) is 0 Å². The van der Waals surface area contributed by atoms with Gasteiger partial charge in [-0.3, -0.25) is 4.68 Å². The average Bonchev–Trinajstić information content (AvgIpc) is 2.45. The van der Waals surface area contributed by atoms with Crippen molar-refractivity contribution in [1.82, 2.24) is 9.78 Å². The summed E-state index contributed by atoms with van der Waals surface area (Å²) in [6.45, 7) is 5.39. The van der Waals surface area contributed by atoms with E-state index in [1.165, 1.54) is 0 Å². The number of hydrogen-bond donors (Lipinski definition) is 0. The van der Waals surface area contributed by atoms with Gasteiger partial charge in [0, 0.05) is 11.8 Å². The number of ether oxygens (including phenoxy) is 1. The van der Waals surface area contributed by atoms with Crippen LogP contribution in [0.25, 0.3) is 0 Å². The minimum Gasteiger partial charge on any atom is -0.367 e. The Balaban J connectivity index is 2.26. The van der Waals surface area contributed by atoms with E-state index < -0.39 is 0 Å². The minimum absolute atomic E-state index is 0.159. The molecule has 0 saturated carbocycles. The zero-order valence-electron chi connectivity index (χ0n) is 8.15. The first-order chi connectivity index (χ1) is 6.61. The molecule has 0 aliphatic carbocycles. The van der Waals surface area contributed by atoms with E-state index in [0.717, 1.165) is 29.0 Å². The first-order valence-electron chi connectivity index (χ1n) is 4.37. The number of thioether (sulfide) groups is 1. The second-order valence-corrected chi connectivity index (χ2v) is 4.68. The van der Waals surface area contributed by atoms with E-state index in [1.807, 2.05) is 30.0 Å². The van der Waals surface area contributed by atoms with Gasteiger partial charge in [-0.1, -0.05) is 0 Å². The van der Waals surface area contributed by atoms with Crippen molar-refractivity contribution in [3.8, 4) is 5.40 Å². The molecule has 0 radical (unpaired) electrons. The van der Waals surface area contributed by atoms with Crippen LogP contribution in [0.1, 0.15) is 19.5 Å². The highest BCUT2D eigenvalue weighted by molar-refractivity contribution is 8.03. The molecule has 0 spiro atoms. The van der Waals surface area contributed by atoms with E-state index in [2.05, 4.69) is 5.10 Å². The summed E-state index contributed by atoms with van der Waals surface area (Å²) < 4.78 is 7.55. The molecule has 0 aromatic carbocycles. The Kier molecular flexibility index (Phi) is 2.25. The predicted octanol–water partition coefficient (Wildman–Crippen LogP) is 1.77. The number of hydrogen-bond acceptors (Lipinski definition) is 4. The third kappa shape index (κ3) is 1.76. The monoisotopic (exact) mass is 209 g/mol. The quantitative estimate of drug-likeness (QED) is 0.522. The number of thiocyanates is 1. The van der Waals surface area contributed by atoms with Crippen molar-refractivity contribution < 1.29 is 4.74 Å². The maximum atomic E-state index is 8.52. The molecule has 0 amide bonds. The fraction of sp³-hybridized carbons (Fsp3) is 0.556. The molecule has 0 atom stereocenters. The molecule has 1 aliphatic heterocycles. The van der Waals surface area contributed by atoms with Crippen molar-refractivity contribution in [2.75, 3.05) is 0 Å². The molecule has 0 unspecified atom stereocenters. The zero-order chi connectivity index (χ0) is 10.2. The van der Waals surface area contributed by atoms with Gasteiger partial charge in [0.2, 0.25) is 0 Å². The normalized spacial score (nSPS) is 18.6. The van der Waals surface area contributed by atoms with Crippen LogP contribution in [0.15, 0.2) is 11.1 Å². The first kappa shape index (κ1) is 9.56. The lowest BCUT2D eigenvalue weighted by atomic mass is 10.1. The Labute approximate surface area is 86.9 Å². The van der Waals surface area contributed by atoms with Crippen molar-refractivity contribution >= 4 is 11.8 Å². The maximum absolute atomic E-state index is 8.52. The maximum Gasteiger partial charge on any atom is 0.140 e. The van der Waals surface area contributed by atoms with E-state index >= 15 is 0 Å². The average molecular weight is 209 g/mol. The van der Waals surface area contributed by atoms with Gasteiger partial charge in [0.05, 0.1) is 24.4 Å². The number of nitriles is 1. The lowest BCUT2D eigenvalue weighted by Gasteiger charge is -2.30. The lowest BCUT2D eigenvalue weighted by Crippen LogP contribution is -2.36. The Morgan fingerprint density at radius 1 is 1.71 bits per heavy atom. The van der Waals surface area contributed by atoms with Crippen molar-refractivity contribution in [3.05, 3.63) is 11.8 Å². The Morgan fingerprint density at radius 3 is 3.21 bits per heavy atom. The molecule has 2 rings (SSSR count). The Morgan fingerprint density at radius 2 is 2.50 bits per heavy atom. The fourth-order valence-electron chi connectivity index (χ4n) is 1.45. The summed E-state index contributed by atoms with van der Waals surface area (Å²) in [6, 6.07) is 1.91. The molecular formula is C9H11N3OS. The number of fused-ring (bicyclic) bond motifs is 1. The van der Waals surface area contributed by atoms with E-state index in [0.29, 0.717) is 6.61 Å². The van der Waals surface area contributed by atoms with E-state index in [4.69, 9.17) is 10.00 Å². The van der Waals surface area contributed by atoms with Crippen molar-refractivity contribution in [2.24, 2.45) is 0 Å². The summed E-state index contributed by atoms with van der Waals surface area (Å²) in [4.78, 5) is 0. The number of rotatable bonds is 1. The van der Waals surface area contributed by atoms with E-state index in [-0.39, 0.29) is 5.60 Å². The van der Waals surface area contributed by atoms with Gasteiger partial charge in [0.15, 0.2) is 0 Å². The molecule has 5 heteroatoms. The highest BCUT2D eigenvalue weighted by atomic mass is 32.2. The van der Waals surface area contributed by atoms with Gasteiger partial charge in [0.25, 0.3) is 0 Å². The minimum atomic E-state index is -0.159. The summed E-state index contributed by atoms with van der Waals surface area (Å²) in [5.41, 5.74) is 0.884. The van der Waals surface area contributed by atoms with Gasteiger partial charge in [0.1, 0.15) is 10.4 Å². The molecule has 74 valence electrons. The highest BCUT2D eigenvalue weighted by Crippen LogP contribution is 2.25. The molecule has 1 aromatic heterocycles. The van der Waals surface area contributed by atoms with Gasteiger partial charge >= 0.3 is 0 Å². The fourth-order valence-corrected chi connectivity index (χ4v) is 1.88. The lowest BCUT2D eigenvalue weighted by molar-refractivity contribution is -0.0661. The topological polar surface area (TPSA) is 50.8 Å². The van der Waals surface area contributed by atoms with Crippen LogP contribution in [0, 0.1) is 10.7 Å². The standard InChI is InChI=1S/C9H11N3OS/c1-9(2)5-12-7(4-13-9)3-8(11-12)14-6-10/h3H,4-5H2,1-2H3. The molecule has 0 saturated heterocycles. The van der Waals surface area contributed by atoms with Gasteiger partial charge < -0.3 is 4.74 Å². The Hall–Kier alpha value is -0.990. The van der Waals surface area contributed by atoms with Crippen LogP contribution in [0.2, 0.25) is 0 Å². The smallest absolute Gasteiger partial charge is 0.140 e. The summed E-state index contributed by atoms with van der Waals surface area (Å²) in [6.07, 6.45) is 0. The van der Waals surface area contributed by atoms with Crippen LogP contribution >= 0.6 is 11.8 Å². The summed E-state index contributed by atoms with van der Waals surface area (Å²) in [5, 5.41) is 15.6. The Bertz CT molecular complexity index is 391. The summed E-state index contributed by atoms with van der Waals surface area (Å²) in [5.74, 6) is 0. The second-order valence-electron chi connectivity index (χ2n) is 3.87. The molecule has 0 fully saturated rings. The largest absolute Gasteiger partial charge is 0.367 e.